The predicted octanol–water partition coefficient (Wildman–Crippen LogP) is 4.56. The maximum Gasteiger partial charge on any atom is 0.308 e. The zero-order valence-corrected chi connectivity index (χ0v) is 21.5. The normalized spacial score (nSPS) is 48.8. The van der Waals surface area contributed by atoms with Crippen LogP contribution < -0.4 is 0 Å². The molecule has 0 unspecified atom stereocenters. The van der Waals surface area contributed by atoms with Gasteiger partial charge in [0, 0.05) is 0 Å². The molecule has 3 N–H and O–H groups in total. The molecule has 0 saturated heterocycles. The van der Waals surface area contributed by atoms with E-state index in [1.54, 1.807) is 0 Å². The van der Waals surface area contributed by atoms with E-state index in [4.69, 9.17) is 4.74 Å². The summed E-state index contributed by atoms with van der Waals surface area (Å²) in [6, 6.07) is 0. The third-order valence-electron chi connectivity index (χ3n) is 11.4. The fourth-order valence-electron chi connectivity index (χ4n) is 9.40. The summed E-state index contributed by atoms with van der Waals surface area (Å²) in [5.74, 6) is 2.11. The molecule has 0 spiro atoms. The lowest BCUT2D eigenvalue weighted by Crippen LogP contribution is -2.62. The summed E-state index contributed by atoms with van der Waals surface area (Å²) in [5, 5.41) is 33.3. The van der Waals surface area contributed by atoms with Gasteiger partial charge in [0.15, 0.2) is 0 Å². The van der Waals surface area contributed by atoms with Gasteiger partial charge in [0.1, 0.15) is 0 Å². The fourth-order valence-corrected chi connectivity index (χ4v) is 9.40. The fraction of sp³-hybridized carbons (Fsp3) is 0.964. The first-order valence-electron chi connectivity index (χ1n) is 13.7. The second kappa shape index (κ2) is 9.43. The molecule has 0 aromatic carbocycles. The molecule has 0 aromatic rings. The average Bonchev–Trinajstić information content (AvgIpc) is 3.13. The molecule has 5 nitrogen and oxygen atoms in total. The number of ether oxygens (including phenoxy) is 1. The number of aliphatic hydroxyl groups excluding tert-OH is 3. The molecule has 4 fully saturated rings. The monoisotopic (exact) mass is 464 g/mol. The smallest absolute Gasteiger partial charge is 0.308 e. The molecule has 4 rings (SSSR count). The first-order valence-corrected chi connectivity index (χ1v) is 13.7. The summed E-state index contributed by atoms with van der Waals surface area (Å²) in [6.45, 7) is 8.98. The molecule has 4 saturated carbocycles. The van der Waals surface area contributed by atoms with Crippen molar-refractivity contribution in [3.05, 3.63) is 0 Å². The van der Waals surface area contributed by atoms with Crippen LogP contribution in [-0.2, 0) is 9.53 Å². The highest BCUT2D eigenvalue weighted by Gasteiger charge is 2.65. The topological polar surface area (TPSA) is 87.0 Å². The van der Waals surface area contributed by atoms with E-state index in [-0.39, 0.29) is 46.9 Å². The van der Waals surface area contributed by atoms with Gasteiger partial charge in [-0.3, -0.25) is 4.79 Å². The Kier molecular flexibility index (Phi) is 7.27. The van der Waals surface area contributed by atoms with Crippen LogP contribution in [0.4, 0.5) is 0 Å². The van der Waals surface area contributed by atoms with Gasteiger partial charge in [0.05, 0.1) is 31.3 Å². The Morgan fingerprint density at radius 2 is 1.73 bits per heavy atom. The first-order chi connectivity index (χ1) is 15.5. The maximum absolute atomic E-state index is 11.7. The number of rotatable bonds is 6. The Balaban J connectivity index is 1.48. The van der Waals surface area contributed by atoms with Crippen LogP contribution in [-0.4, -0.2) is 46.7 Å². The van der Waals surface area contributed by atoms with Gasteiger partial charge in [-0.25, -0.2) is 0 Å². The van der Waals surface area contributed by atoms with Crippen LogP contribution in [0, 0.1) is 52.3 Å². The van der Waals surface area contributed by atoms with Gasteiger partial charge in [0.2, 0.25) is 0 Å². The van der Waals surface area contributed by atoms with Crippen LogP contribution in [0.2, 0.25) is 0 Å². The number of carbonyl (C=O) groups is 1. The minimum atomic E-state index is -0.331. The van der Waals surface area contributed by atoms with Crippen LogP contribution in [0.5, 0.6) is 0 Å². The lowest BCUT2D eigenvalue weighted by molar-refractivity contribution is -0.207. The van der Waals surface area contributed by atoms with Crippen molar-refractivity contribution >= 4 is 5.97 Å². The number of hydrogen-bond donors (Lipinski definition) is 3. The van der Waals surface area contributed by atoms with Gasteiger partial charge in [-0.05, 0) is 97.7 Å². The molecule has 12 atom stereocenters. The van der Waals surface area contributed by atoms with Gasteiger partial charge in [0.25, 0.3) is 0 Å². The second-order valence-electron chi connectivity index (χ2n) is 12.9. The van der Waals surface area contributed by atoms with Crippen molar-refractivity contribution in [1.29, 1.82) is 0 Å². The zero-order chi connectivity index (χ0) is 24.1. The average molecular weight is 465 g/mol. The second-order valence-corrected chi connectivity index (χ2v) is 12.9. The molecule has 5 heteroatoms. The van der Waals surface area contributed by atoms with Crippen LogP contribution >= 0.6 is 0 Å². The van der Waals surface area contributed by atoms with Gasteiger partial charge >= 0.3 is 5.97 Å². The lowest BCUT2D eigenvalue weighted by atomic mass is 9.43. The van der Waals surface area contributed by atoms with E-state index in [0.717, 1.165) is 64.2 Å². The number of esters is 1. The van der Waals surface area contributed by atoms with Crippen molar-refractivity contribution < 1.29 is 24.9 Å². The largest absolute Gasteiger partial charge is 0.469 e. The molecule has 0 amide bonds. The summed E-state index contributed by atoms with van der Waals surface area (Å²) in [4.78, 5) is 11.7. The van der Waals surface area contributed by atoms with Crippen LogP contribution in [0.3, 0.4) is 0 Å². The molecule has 190 valence electrons. The third-order valence-corrected chi connectivity index (χ3v) is 11.4. The van der Waals surface area contributed by atoms with Crippen molar-refractivity contribution in [3.8, 4) is 0 Å². The van der Waals surface area contributed by atoms with E-state index in [1.807, 2.05) is 6.92 Å². The summed E-state index contributed by atoms with van der Waals surface area (Å²) in [7, 11) is 1.45. The summed E-state index contributed by atoms with van der Waals surface area (Å²) in [5.41, 5.74) is -0.0218. The van der Waals surface area contributed by atoms with Crippen molar-refractivity contribution in [1.82, 2.24) is 0 Å². The van der Waals surface area contributed by atoms with E-state index < -0.39 is 0 Å². The molecule has 4 aliphatic rings. The maximum atomic E-state index is 11.7. The minimum absolute atomic E-state index is 0.0600. The summed E-state index contributed by atoms with van der Waals surface area (Å²) < 4.78 is 4.87. The Labute approximate surface area is 200 Å². The molecule has 0 heterocycles. The highest BCUT2D eigenvalue weighted by Crippen LogP contribution is 2.68. The number of hydrogen-bond acceptors (Lipinski definition) is 5. The van der Waals surface area contributed by atoms with Gasteiger partial charge in [-0.2, -0.15) is 0 Å². The minimum Gasteiger partial charge on any atom is -0.469 e. The Morgan fingerprint density at radius 1 is 1.00 bits per heavy atom. The number of fused-ring (bicyclic) bond motifs is 5. The van der Waals surface area contributed by atoms with Crippen molar-refractivity contribution in [2.45, 2.75) is 110 Å². The quantitative estimate of drug-likeness (QED) is 0.502. The number of aliphatic hydroxyl groups is 3. The number of methoxy groups -OCH3 is 1. The van der Waals surface area contributed by atoms with E-state index in [9.17, 15) is 20.1 Å². The summed E-state index contributed by atoms with van der Waals surface area (Å²) >= 11 is 0. The molecule has 0 bridgehead atoms. The van der Waals surface area contributed by atoms with E-state index in [1.165, 1.54) is 7.11 Å². The van der Waals surface area contributed by atoms with E-state index >= 15 is 0 Å². The summed E-state index contributed by atoms with van der Waals surface area (Å²) in [6.07, 6.45) is 8.54. The van der Waals surface area contributed by atoms with Crippen molar-refractivity contribution in [2.75, 3.05) is 7.11 Å². The van der Waals surface area contributed by atoms with Crippen LogP contribution in [0.1, 0.15) is 91.9 Å². The third kappa shape index (κ3) is 4.18. The molecule has 0 radical (unpaired) electrons. The highest BCUT2D eigenvalue weighted by molar-refractivity contribution is 5.71. The Hall–Kier alpha value is -0.650. The number of carbonyl (C=O) groups excluding carboxylic acids is 1. The van der Waals surface area contributed by atoms with Crippen molar-refractivity contribution in [3.63, 3.8) is 0 Å². The molecule has 33 heavy (non-hydrogen) atoms. The SMILES string of the molecule is COC(=O)[C@H](C)CCC[C@@H](C)[C@H]1CC[C@H]2[C@@H]3[C@H](O)C[C@@H]4C[C@H](O)CC[C@]4(C)[C@H]3C[C@H](O)[C@]12C. The van der Waals surface area contributed by atoms with Gasteiger partial charge in [-0.1, -0.05) is 40.5 Å². The molecule has 0 aliphatic heterocycles. The predicted molar refractivity (Wildman–Crippen MR) is 128 cm³/mol. The first kappa shape index (κ1) is 25.4. The van der Waals surface area contributed by atoms with E-state index in [2.05, 4.69) is 20.8 Å². The zero-order valence-electron chi connectivity index (χ0n) is 21.5. The van der Waals surface area contributed by atoms with Crippen LogP contribution in [0.15, 0.2) is 0 Å². The molecule has 4 aliphatic carbocycles. The molecule has 0 aromatic heterocycles. The Morgan fingerprint density at radius 3 is 2.42 bits per heavy atom. The molecular formula is C28H48O5. The van der Waals surface area contributed by atoms with Gasteiger partial charge < -0.3 is 20.1 Å². The lowest BCUT2D eigenvalue weighted by Gasteiger charge is -2.63. The highest BCUT2D eigenvalue weighted by atomic mass is 16.5. The molecular weight excluding hydrogens is 416 g/mol. The van der Waals surface area contributed by atoms with Crippen molar-refractivity contribution in [2.24, 2.45) is 52.3 Å². The standard InChI is InChI=1S/C28H48O5/c1-16(7-6-8-17(2)26(32)33-5)20-9-10-21-25-22(15-24(31)28(20,21)4)27(3)12-11-19(29)13-18(27)14-23(25)30/h16-25,29-31H,6-15H2,1-5H3/t16-,17-,18+,19-,20-,21+,22+,23-,24+,25+,27+,28-/m1/s1. The van der Waals surface area contributed by atoms with Gasteiger partial charge in [-0.15, -0.1) is 0 Å². The van der Waals surface area contributed by atoms with Crippen LogP contribution in [0.25, 0.3) is 0 Å². The Bertz CT molecular complexity index is 710. The van der Waals surface area contributed by atoms with E-state index in [0.29, 0.717) is 29.6 Å².